The summed E-state index contributed by atoms with van der Waals surface area (Å²) in [4.78, 5) is 11.8. The molecule has 4 nitrogen and oxygen atoms in total. The first kappa shape index (κ1) is 13.4. The molecule has 1 unspecified atom stereocenters. The van der Waals surface area contributed by atoms with Crippen LogP contribution >= 0.6 is 0 Å². The second-order valence-corrected chi connectivity index (χ2v) is 4.97. The van der Waals surface area contributed by atoms with Crippen molar-refractivity contribution in [1.29, 1.82) is 0 Å². The Morgan fingerprint density at radius 2 is 1.94 bits per heavy atom. The average molecular weight is 237 g/mol. The Balaban J connectivity index is 2.64. The second kappa shape index (κ2) is 5.08. The van der Waals surface area contributed by atoms with E-state index in [1.54, 1.807) is 25.1 Å². The fourth-order valence-corrected chi connectivity index (χ4v) is 1.27. The van der Waals surface area contributed by atoms with Crippen molar-refractivity contribution in [3.8, 4) is 11.5 Å². The van der Waals surface area contributed by atoms with E-state index in [2.05, 4.69) is 5.32 Å². The third-order valence-corrected chi connectivity index (χ3v) is 2.04. The van der Waals surface area contributed by atoms with Gasteiger partial charge in [0.15, 0.2) is 17.6 Å². The lowest BCUT2D eigenvalue weighted by atomic mass is 10.1. The van der Waals surface area contributed by atoms with Crippen molar-refractivity contribution in [3.63, 3.8) is 0 Å². The van der Waals surface area contributed by atoms with Crippen LogP contribution in [0.3, 0.4) is 0 Å². The molecule has 0 saturated heterocycles. The largest absolute Gasteiger partial charge is 0.504 e. The number of nitrogens with one attached hydrogen (secondary N) is 1. The van der Waals surface area contributed by atoms with Crippen LogP contribution in [-0.4, -0.2) is 22.7 Å². The molecule has 0 aliphatic heterocycles. The maximum atomic E-state index is 11.8. The topological polar surface area (TPSA) is 58.6 Å². The first-order valence-corrected chi connectivity index (χ1v) is 5.56. The molecule has 17 heavy (non-hydrogen) atoms. The van der Waals surface area contributed by atoms with Crippen LogP contribution < -0.4 is 10.1 Å². The van der Waals surface area contributed by atoms with Crippen molar-refractivity contribution in [2.45, 2.75) is 39.3 Å². The number of hydrogen-bond donors (Lipinski definition) is 2. The van der Waals surface area contributed by atoms with Gasteiger partial charge in [0.05, 0.1) is 0 Å². The molecule has 0 spiro atoms. The molecular weight excluding hydrogens is 218 g/mol. The van der Waals surface area contributed by atoms with E-state index in [0.717, 1.165) is 0 Å². The van der Waals surface area contributed by atoms with Crippen molar-refractivity contribution >= 4 is 5.91 Å². The highest BCUT2D eigenvalue weighted by Crippen LogP contribution is 2.25. The zero-order valence-corrected chi connectivity index (χ0v) is 10.7. The van der Waals surface area contributed by atoms with E-state index in [9.17, 15) is 9.90 Å². The second-order valence-electron chi connectivity index (χ2n) is 4.97. The number of hydrogen-bond acceptors (Lipinski definition) is 3. The summed E-state index contributed by atoms with van der Waals surface area (Å²) in [5.74, 6) is 0.132. The zero-order chi connectivity index (χ0) is 13.1. The third-order valence-electron chi connectivity index (χ3n) is 2.04. The summed E-state index contributed by atoms with van der Waals surface area (Å²) in [5, 5.41) is 12.3. The minimum atomic E-state index is -0.650. The molecule has 0 radical (unpaired) electrons. The molecular formula is C13H19NO3. The molecule has 0 bridgehead atoms. The van der Waals surface area contributed by atoms with Crippen LogP contribution in [0.1, 0.15) is 27.7 Å². The normalized spacial score (nSPS) is 12.9. The third kappa shape index (κ3) is 4.34. The molecule has 0 aliphatic rings. The minimum absolute atomic E-state index is 0.0305. The van der Waals surface area contributed by atoms with Gasteiger partial charge in [-0.15, -0.1) is 0 Å². The van der Waals surface area contributed by atoms with Crippen LogP contribution in [0.25, 0.3) is 0 Å². The first-order chi connectivity index (χ1) is 7.79. The van der Waals surface area contributed by atoms with Gasteiger partial charge in [0.1, 0.15) is 0 Å². The summed E-state index contributed by atoms with van der Waals surface area (Å²) in [6.07, 6.45) is -0.650. The monoisotopic (exact) mass is 237 g/mol. The number of ether oxygens (including phenoxy) is 1. The van der Waals surface area contributed by atoms with E-state index >= 15 is 0 Å². The van der Waals surface area contributed by atoms with E-state index in [4.69, 9.17) is 4.74 Å². The molecule has 1 atom stereocenters. The van der Waals surface area contributed by atoms with Crippen LogP contribution in [0.2, 0.25) is 0 Å². The summed E-state index contributed by atoms with van der Waals surface area (Å²) in [5.41, 5.74) is -0.298. The molecule has 1 aromatic carbocycles. The summed E-state index contributed by atoms with van der Waals surface area (Å²) < 4.78 is 5.39. The van der Waals surface area contributed by atoms with E-state index in [0.29, 0.717) is 5.75 Å². The lowest BCUT2D eigenvalue weighted by molar-refractivity contribution is -0.128. The molecule has 1 aromatic rings. The molecule has 4 heteroatoms. The molecule has 1 rings (SSSR count). The Kier molecular flexibility index (Phi) is 3.99. The van der Waals surface area contributed by atoms with E-state index < -0.39 is 6.10 Å². The van der Waals surface area contributed by atoms with Gasteiger partial charge < -0.3 is 15.2 Å². The van der Waals surface area contributed by atoms with Gasteiger partial charge in [0.2, 0.25) is 0 Å². The molecule has 94 valence electrons. The van der Waals surface area contributed by atoms with Crippen LogP contribution in [0, 0.1) is 0 Å². The maximum absolute atomic E-state index is 11.8. The SMILES string of the molecule is CC(Oc1ccccc1O)C(=O)NC(C)(C)C. The number of carbonyl (C=O) groups excluding carboxylic acids is 1. The van der Waals surface area contributed by atoms with Gasteiger partial charge in [-0.3, -0.25) is 4.79 Å². The lowest BCUT2D eigenvalue weighted by Crippen LogP contribution is -2.46. The van der Waals surface area contributed by atoms with Crippen molar-refractivity contribution in [3.05, 3.63) is 24.3 Å². The van der Waals surface area contributed by atoms with Gasteiger partial charge >= 0.3 is 0 Å². The predicted octanol–water partition coefficient (Wildman–Crippen LogP) is 2.07. The highest BCUT2D eigenvalue weighted by Gasteiger charge is 2.21. The molecule has 0 aromatic heterocycles. The summed E-state index contributed by atoms with van der Waals surface area (Å²) >= 11 is 0. The first-order valence-electron chi connectivity index (χ1n) is 5.56. The van der Waals surface area contributed by atoms with Crippen molar-refractivity contribution in [1.82, 2.24) is 5.32 Å². The molecule has 0 saturated carbocycles. The molecule has 1 amide bonds. The smallest absolute Gasteiger partial charge is 0.261 e. The van der Waals surface area contributed by atoms with Crippen LogP contribution in [-0.2, 0) is 4.79 Å². The van der Waals surface area contributed by atoms with Crippen molar-refractivity contribution in [2.75, 3.05) is 0 Å². The summed E-state index contributed by atoms with van der Waals surface area (Å²) in [6, 6.07) is 6.57. The maximum Gasteiger partial charge on any atom is 0.261 e. The number of phenolic OH excluding ortho intramolecular Hbond substituents is 1. The van der Waals surface area contributed by atoms with Gasteiger partial charge in [0, 0.05) is 5.54 Å². The fourth-order valence-electron chi connectivity index (χ4n) is 1.27. The highest BCUT2D eigenvalue weighted by molar-refractivity contribution is 5.81. The van der Waals surface area contributed by atoms with Crippen LogP contribution in [0.5, 0.6) is 11.5 Å². The van der Waals surface area contributed by atoms with E-state index in [-0.39, 0.29) is 17.2 Å². The molecule has 2 N–H and O–H groups in total. The van der Waals surface area contributed by atoms with E-state index in [1.807, 2.05) is 20.8 Å². The van der Waals surface area contributed by atoms with Gasteiger partial charge in [0.25, 0.3) is 5.91 Å². The number of benzene rings is 1. The number of amides is 1. The number of rotatable bonds is 3. The number of aromatic hydroxyl groups is 1. The number of para-hydroxylation sites is 2. The lowest BCUT2D eigenvalue weighted by Gasteiger charge is -2.23. The van der Waals surface area contributed by atoms with Crippen molar-refractivity contribution < 1.29 is 14.6 Å². The quantitative estimate of drug-likeness (QED) is 0.846. The van der Waals surface area contributed by atoms with Gasteiger partial charge in [-0.1, -0.05) is 12.1 Å². The molecule has 0 heterocycles. The van der Waals surface area contributed by atoms with E-state index in [1.165, 1.54) is 6.07 Å². The summed E-state index contributed by atoms with van der Waals surface area (Å²) in [7, 11) is 0. The highest BCUT2D eigenvalue weighted by atomic mass is 16.5. The average Bonchev–Trinajstić information content (AvgIpc) is 2.18. The molecule has 0 aliphatic carbocycles. The van der Waals surface area contributed by atoms with Crippen LogP contribution in [0.4, 0.5) is 0 Å². The predicted molar refractivity (Wildman–Crippen MR) is 66.1 cm³/mol. The summed E-state index contributed by atoms with van der Waals surface area (Å²) in [6.45, 7) is 7.35. The number of phenols is 1. The van der Waals surface area contributed by atoms with Gasteiger partial charge in [-0.25, -0.2) is 0 Å². The minimum Gasteiger partial charge on any atom is -0.504 e. The zero-order valence-electron chi connectivity index (χ0n) is 10.7. The molecule has 0 fully saturated rings. The van der Waals surface area contributed by atoms with Crippen LogP contribution in [0.15, 0.2) is 24.3 Å². The Morgan fingerprint density at radius 1 is 1.35 bits per heavy atom. The van der Waals surface area contributed by atoms with Gasteiger partial charge in [-0.2, -0.15) is 0 Å². The fraction of sp³-hybridized carbons (Fsp3) is 0.462. The Hall–Kier alpha value is -1.71. The number of carbonyl (C=O) groups is 1. The Labute approximate surface area is 102 Å². The Bertz CT molecular complexity index is 396. The Morgan fingerprint density at radius 3 is 2.47 bits per heavy atom. The van der Waals surface area contributed by atoms with Crippen molar-refractivity contribution in [2.24, 2.45) is 0 Å². The standard InChI is InChI=1S/C13H19NO3/c1-9(12(16)14-13(2,3)4)17-11-8-6-5-7-10(11)15/h5-9,15H,1-4H3,(H,14,16). The van der Waals surface area contributed by atoms with Gasteiger partial charge in [-0.05, 0) is 39.8 Å².